The van der Waals surface area contributed by atoms with Gasteiger partial charge in [-0.15, -0.1) is 12.4 Å². The predicted octanol–water partition coefficient (Wildman–Crippen LogP) is 1.89. The van der Waals surface area contributed by atoms with Crippen LogP contribution in [0.3, 0.4) is 0 Å². The second-order valence-electron chi connectivity index (χ2n) is 3.63. The van der Waals surface area contributed by atoms with E-state index in [1.807, 2.05) is 0 Å². The fourth-order valence-corrected chi connectivity index (χ4v) is 3.10. The van der Waals surface area contributed by atoms with Crippen LogP contribution in [0.2, 0.25) is 0 Å². The Labute approximate surface area is 90.6 Å². The Morgan fingerprint density at radius 2 is 2.38 bits per heavy atom. The van der Waals surface area contributed by atoms with Gasteiger partial charge in [-0.3, -0.25) is 5.32 Å². The van der Waals surface area contributed by atoms with Gasteiger partial charge in [-0.05, 0) is 36.7 Å². The molecule has 0 aromatic carbocycles. The Morgan fingerprint density at radius 3 is 3.00 bits per heavy atom. The topological polar surface area (TPSA) is 21.3 Å². The van der Waals surface area contributed by atoms with Gasteiger partial charge in [0, 0.05) is 6.54 Å². The average molecular weight is 224 g/mol. The molecule has 0 saturated carbocycles. The third-order valence-electron chi connectivity index (χ3n) is 2.60. The molecule has 0 spiro atoms. The van der Waals surface area contributed by atoms with Crippen LogP contribution in [0, 0.1) is 5.92 Å². The Balaban J connectivity index is 0.000000845. The third-order valence-corrected chi connectivity index (χ3v) is 3.88. The van der Waals surface area contributed by atoms with E-state index in [1.54, 1.807) is 0 Å². The van der Waals surface area contributed by atoms with Crippen molar-refractivity contribution in [2.75, 3.05) is 24.7 Å². The zero-order valence-electron chi connectivity index (χ0n) is 7.83. The van der Waals surface area contributed by atoms with Gasteiger partial charge in [-0.1, -0.05) is 0 Å². The van der Waals surface area contributed by atoms with E-state index in [-0.39, 0.29) is 12.4 Å². The first-order valence-electron chi connectivity index (χ1n) is 4.88. The van der Waals surface area contributed by atoms with Crippen LogP contribution < -0.4 is 5.32 Å². The minimum absolute atomic E-state index is 0. The maximum Gasteiger partial charge on any atom is 0.108 e. The molecular weight excluding hydrogens is 206 g/mol. The molecule has 2 nitrogen and oxygen atoms in total. The zero-order chi connectivity index (χ0) is 8.23. The van der Waals surface area contributed by atoms with Crippen LogP contribution in [0.4, 0.5) is 0 Å². The van der Waals surface area contributed by atoms with E-state index in [0.29, 0.717) is 6.23 Å². The van der Waals surface area contributed by atoms with E-state index in [1.165, 1.54) is 30.8 Å². The third kappa shape index (κ3) is 3.66. The smallest absolute Gasteiger partial charge is 0.108 e. The first kappa shape index (κ1) is 11.6. The first-order chi connectivity index (χ1) is 5.95. The summed E-state index contributed by atoms with van der Waals surface area (Å²) in [6.45, 7) is 1.95. The number of hydrogen-bond acceptors (Lipinski definition) is 3. The summed E-state index contributed by atoms with van der Waals surface area (Å²) in [4.78, 5) is 0. The largest absolute Gasteiger partial charge is 0.362 e. The molecule has 2 aliphatic heterocycles. The molecule has 0 bridgehead atoms. The lowest BCUT2D eigenvalue weighted by molar-refractivity contribution is 0.0808. The number of nitrogens with one attached hydrogen (secondary N) is 1. The van der Waals surface area contributed by atoms with Gasteiger partial charge in [0.25, 0.3) is 0 Å². The lowest BCUT2D eigenvalue weighted by Crippen LogP contribution is -2.27. The van der Waals surface area contributed by atoms with Crippen LogP contribution in [0.15, 0.2) is 0 Å². The Hall–Kier alpha value is 0.560. The van der Waals surface area contributed by atoms with E-state index < -0.39 is 0 Å². The predicted molar refractivity (Wildman–Crippen MR) is 59.7 cm³/mol. The molecule has 0 radical (unpaired) electrons. The van der Waals surface area contributed by atoms with Gasteiger partial charge in [-0.2, -0.15) is 11.8 Å². The molecule has 2 fully saturated rings. The van der Waals surface area contributed by atoms with E-state index >= 15 is 0 Å². The van der Waals surface area contributed by atoms with Crippen LogP contribution in [0.1, 0.15) is 19.3 Å². The van der Waals surface area contributed by atoms with E-state index in [2.05, 4.69) is 17.1 Å². The van der Waals surface area contributed by atoms with Crippen molar-refractivity contribution in [3.63, 3.8) is 0 Å². The molecule has 0 aromatic heterocycles. The average Bonchev–Trinajstić information content (AvgIpc) is 2.59. The monoisotopic (exact) mass is 223 g/mol. The summed E-state index contributed by atoms with van der Waals surface area (Å²) in [6.07, 6.45) is 4.41. The van der Waals surface area contributed by atoms with Gasteiger partial charge in [0.1, 0.15) is 6.23 Å². The van der Waals surface area contributed by atoms with E-state index in [4.69, 9.17) is 4.74 Å². The number of halogens is 1. The van der Waals surface area contributed by atoms with Crippen molar-refractivity contribution in [3.05, 3.63) is 0 Å². The van der Waals surface area contributed by atoms with E-state index in [0.717, 1.165) is 19.1 Å². The highest BCUT2D eigenvalue weighted by Crippen LogP contribution is 2.26. The highest BCUT2D eigenvalue weighted by Gasteiger charge is 2.21. The van der Waals surface area contributed by atoms with Gasteiger partial charge >= 0.3 is 0 Å². The molecular formula is C9H18ClNOS. The van der Waals surface area contributed by atoms with Crippen molar-refractivity contribution in [2.45, 2.75) is 25.5 Å². The molecule has 2 heterocycles. The van der Waals surface area contributed by atoms with Gasteiger partial charge in [0.2, 0.25) is 0 Å². The molecule has 13 heavy (non-hydrogen) atoms. The molecule has 2 atom stereocenters. The van der Waals surface area contributed by atoms with Crippen molar-refractivity contribution in [3.8, 4) is 0 Å². The quantitative estimate of drug-likeness (QED) is 0.773. The number of hydrogen-bond donors (Lipinski definition) is 1. The lowest BCUT2D eigenvalue weighted by atomic mass is 10.0. The number of thioether (sulfide) groups is 1. The molecule has 78 valence electrons. The second kappa shape index (κ2) is 6.12. The minimum atomic E-state index is 0. The number of ether oxygens (including phenoxy) is 1. The summed E-state index contributed by atoms with van der Waals surface area (Å²) in [6, 6.07) is 0. The summed E-state index contributed by atoms with van der Waals surface area (Å²) < 4.78 is 5.54. The van der Waals surface area contributed by atoms with Crippen molar-refractivity contribution < 1.29 is 4.74 Å². The zero-order valence-corrected chi connectivity index (χ0v) is 9.46. The fraction of sp³-hybridized carbons (Fsp3) is 1.00. The van der Waals surface area contributed by atoms with Gasteiger partial charge in [-0.25, -0.2) is 0 Å². The van der Waals surface area contributed by atoms with Crippen molar-refractivity contribution >= 4 is 24.2 Å². The van der Waals surface area contributed by atoms with Crippen LogP contribution in [-0.2, 0) is 4.74 Å². The summed E-state index contributed by atoms with van der Waals surface area (Å²) >= 11 is 2.10. The summed E-state index contributed by atoms with van der Waals surface area (Å²) in [5.41, 5.74) is 0. The van der Waals surface area contributed by atoms with Crippen LogP contribution in [0.5, 0.6) is 0 Å². The Bertz CT molecular complexity index is 136. The minimum Gasteiger partial charge on any atom is -0.362 e. The normalized spacial score (nSPS) is 34.2. The molecule has 2 aliphatic rings. The molecule has 2 saturated heterocycles. The molecule has 1 N–H and O–H groups in total. The van der Waals surface area contributed by atoms with Crippen LogP contribution in [0.25, 0.3) is 0 Å². The highest BCUT2D eigenvalue weighted by molar-refractivity contribution is 7.99. The Kier molecular flexibility index (Phi) is 5.48. The van der Waals surface area contributed by atoms with Gasteiger partial charge in [0.15, 0.2) is 0 Å². The molecule has 0 amide bonds. The first-order valence-corrected chi connectivity index (χ1v) is 6.03. The molecule has 4 heteroatoms. The molecule has 0 aromatic rings. The standard InChI is InChI=1S/C9H17NOS.ClH/c1-2-8(7-12-5-1)6-9-10-3-4-11-9;/h8-10H,1-7H2;1H. The summed E-state index contributed by atoms with van der Waals surface area (Å²) in [5.74, 6) is 3.62. The SMILES string of the molecule is C1CSCC(CC2NCCO2)C1.Cl. The fourth-order valence-electron chi connectivity index (χ4n) is 1.93. The lowest BCUT2D eigenvalue weighted by Gasteiger charge is -2.23. The molecule has 2 unspecified atom stereocenters. The summed E-state index contributed by atoms with van der Waals surface area (Å²) in [7, 11) is 0. The van der Waals surface area contributed by atoms with Crippen LogP contribution >= 0.6 is 24.2 Å². The van der Waals surface area contributed by atoms with Crippen LogP contribution in [-0.4, -0.2) is 30.9 Å². The maximum atomic E-state index is 5.54. The van der Waals surface area contributed by atoms with Crippen molar-refractivity contribution in [2.24, 2.45) is 5.92 Å². The van der Waals surface area contributed by atoms with Gasteiger partial charge < -0.3 is 4.74 Å². The number of rotatable bonds is 2. The van der Waals surface area contributed by atoms with Gasteiger partial charge in [0.05, 0.1) is 6.61 Å². The van der Waals surface area contributed by atoms with Crippen molar-refractivity contribution in [1.29, 1.82) is 0 Å². The molecule has 0 aliphatic carbocycles. The summed E-state index contributed by atoms with van der Waals surface area (Å²) in [5, 5.41) is 3.37. The van der Waals surface area contributed by atoms with Crippen molar-refractivity contribution in [1.82, 2.24) is 5.32 Å². The maximum absolute atomic E-state index is 5.54. The second-order valence-corrected chi connectivity index (χ2v) is 4.78. The Morgan fingerprint density at radius 1 is 1.46 bits per heavy atom. The molecule has 2 rings (SSSR count). The van der Waals surface area contributed by atoms with E-state index in [9.17, 15) is 0 Å². The highest BCUT2D eigenvalue weighted by atomic mass is 35.5.